The quantitative estimate of drug-likeness (QED) is 0.875. The minimum Gasteiger partial charge on any atom is -0.395 e. The first-order valence-electron chi connectivity index (χ1n) is 6.93. The Morgan fingerprint density at radius 1 is 1.47 bits per heavy atom. The van der Waals surface area contributed by atoms with E-state index < -0.39 is 0 Å². The lowest BCUT2D eigenvalue weighted by molar-refractivity contribution is 0.0911. The van der Waals surface area contributed by atoms with Crippen LogP contribution in [0.1, 0.15) is 31.9 Å². The maximum absolute atomic E-state index is 14.0. The lowest BCUT2D eigenvalue weighted by atomic mass is 9.96. The molecule has 2 rings (SSSR count). The molecule has 0 amide bonds. The molecule has 0 aromatic heterocycles. The minimum atomic E-state index is -0.221. The third kappa shape index (κ3) is 2.81. The van der Waals surface area contributed by atoms with Gasteiger partial charge in [0.05, 0.1) is 12.6 Å². The van der Waals surface area contributed by atoms with Crippen LogP contribution in [0, 0.1) is 11.7 Å². The monoisotopic (exact) mass is 266 g/mol. The Bertz CT molecular complexity index is 424. The van der Waals surface area contributed by atoms with E-state index in [0.29, 0.717) is 11.5 Å². The average Bonchev–Trinajstić information content (AvgIpc) is 2.73. The molecule has 0 spiro atoms. The molecule has 0 bridgehead atoms. The highest BCUT2D eigenvalue weighted by Crippen LogP contribution is 2.34. The number of hydrogen-bond acceptors (Lipinski definition) is 3. The molecule has 1 saturated heterocycles. The van der Waals surface area contributed by atoms with Crippen LogP contribution in [-0.4, -0.2) is 35.2 Å². The van der Waals surface area contributed by atoms with Gasteiger partial charge in [-0.3, -0.25) is 4.90 Å². The van der Waals surface area contributed by atoms with Crippen LogP contribution in [0.3, 0.4) is 0 Å². The third-order valence-electron chi connectivity index (χ3n) is 4.19. The number of halogens is 1. The smallest absolute Gasteiger partial charge is 0.128 e. The van der Waals surface area contributed by atoms with E-state index in [1.165, 1.54) is 6.07 Å². The first-order valence-corrected chi connectivity index (χ1v) is 6.93. The minimum absolute atomic E-state index is 0.0654. The van der Waals surface area contributed by atoms with Crippen LogP contribution in [0.25, 0.3) is 0 Å². The second kappa shape index (κ2) is 5.99. The van der Waals surface area contributed by atoms with E-state index in [-0.39, 0.29) is 30.5 Å². The Kier molecular flexibility index (Phi) is 4.55. The SMILES string of the molecule is CC(N)C(c1ccccc1F)N1CCC(C)C1CO. The van der Waals surface area contributed by atoms with Gasteiger partial charge in [-0.1, -0.05) is 25.1 Å². The summed E-state index contributed by atoms with van der Waals surface area (Å²) in [5.74, 6) is 0.194. The molecular formula is C15H23FN2O. The van der Waals surface area contributed by atoms with E-state index in [1.807, 2.05) is 13.0 Å². The Morgan fingerprint density at radius 2 is 2.16 bits per heavy atom. The summed E-state index contributed by atoms with van der Waals surface area (Å²) < 4.78 is 14.0. The molecule has 106 valence electrons. The van der Waals surface area contributed by atoms with E-state index in [2.05, 4.69) is 11.8 Å². The zero-order chi connectivity index (χ0) is 14.0. The fourth-order valence-corrected chi connectivity index (χ4v) is 3.15. The van der Waals surface area contributed by atoms with E-state index in [9.17, 15) is 9.50 Å². The zero-order valence-corrected chi connectivity index (χ0v) is 11.6. The van der Waals surface area contributed by atoms with Gasteiger partial charge in [0.15, 0.2) is 0 Å². The number of aliphatic hydroxyl groups excluding tert-OH is 1. The molecule has 19 heavy (non-hydrogen) atoms. The van der Waals surface area contributed by atoms with Crippen molar-refractivity contribution < 1.29 is 9.50 Å². The topological polar surface area (TPSA) is 49.5 Å². The van der Waals surface area contributed by atoms with Crippen molar-refractivity contribution in [2.45, 2.75) is 38.4 Å². The first-order chi connectivity index (χ1) is 9.06. The molecule has 4 heteroatoms. The molecule has 0 aliphatic carbocycles. The van der Waals surface area contributed by atoms with Gasteiger partial charge in [-0.25, -0.2) is 4.39 Å². The Hall–Kier alpha value is -0.970. The van der Waals surface area contributed by atoms with Gasteiger partial charge in [0.1, 0.15) is 5.82 Å². The molecule has 3 nitrogen and oxygen atoms in total. The van der Waals surface area contributed by atoms with Gasteiger partial charge >= 0.3 is 0 Å². The molecule has 1 heterocycles. The van der Waals surface area contributed by atoms with E-state index >= 15 is 0 Å². The van der Waals surface area contributed by atoms with Crippen molar-refractivity contribution >= 4 is 0 Å². The van der Waals surface area contributed by atoms with Crippen molar-refractivity contribution in [3.8, 4) is 0 Å². The van der Waals surface area contributed by atoms with Crippen molar-refractivity contribution in [3.63, 3.8) is 0 Å². The fraction of sp³-hybridized carbons (Fsp3) is 0.600. The maximum Gasteiger partial charge on any atom is 0.128 e. The highest BCUT2D eigenvalue weighted by Gasteiger charge is 2.38. The van der Waals surface area contributed by atoms with Crippen LogP contribution in [0.5, 0.6) is 0 Å². The molecule has 0 radical (unpaired) electrons. The first kappa shape index (κ1) is 14.4. The predicted molar refractivity (Wildman–Crippen MR) is 74.2 cm³/mol. The van der Waals surface area contributed by atoms with Gasteiger partial charge in [0, 0.05) is 17.6 Å². The molecule has 1 fully saturated rings. The number of aliphatic hydroxyl groups is 1. The van der Waals surface area contributed by atoms with E-state index in [1.54, 1.807) is 12.1 Å². The lowest BCUT2D eigenvalue weighted by Gasteiger charge is -2.36. The van der Waals surface area contributed by atoms with Gasteiger partial charge in [0.2, 0.25) is 0 Å². The number of hydrogen-bond donors (Lipinski definition) is 2. The fourth-order valence-electron chi connectivity index (χ4n) is 3.15. The van der Waals surface area contributed by atoms with Gasteiger partial charge in [-0.05, 0) is 31.9 Å². The highest BCUT2D eigenvalue weighted by atomic mass is 19.1. The number of benzene rings is 1. The second-order valence-electron chi connectivity index (χ2n) is 5.58. The van der Waals surface area contributed by atoms with Crippen molar-refractivity contribution in [1.82, 2.24) is 4.90 Å². The largest absolute Gasteiger partial charge is 0.395 e. The third-order valence-corrected chi connectivity index (χ3v) is 4.19. The molecule has 3 N–H and O–H groups in total. The summed E-state index contributed by atoms with van der Waals surface area (Å²) in [6, 6.07) is 6.49. The normalized spacial score (nSPS) is 27.4. The lowest BCUT2D eigenvalue weighted by Crippen LogP contribution is -2.45. The predicted octanol–water partition coefficient (Wildman–Crippen LogP) is 1.92. The second-order valence-corrected chi connectivity index (χ2v) is 5.58. The standard InChI is InChI=1S/C15H23FN2O/c1-10-7-8-18(14(10)9-19)15(11(2)17)12-5-3-4-6-13(12)16/h3-6,10-11,14-15,19H,7-9,17H2,1-2H3. The summed E-state index contributed by atoms with van der Waals surface area (Å²) in [6.07, 6.45) is 1.02. The zero-order valence-electron chi connectivity index (χ0n) is 11.6. The number of nitrogens with zero attached hydrogens (tertiary/aromatic N) is 1. The van der Waals surface area contributed by atoms with Crippen molar-refractivity contribution in [1.29, 1.82) is 0 Å². The average molecular weight is 266 g/mol. The van der Waals surface area contributed by atoms with Crippen LogP contribution in [0.4, 0.5) is 4.39 Å². The molecule has 1 aromatic carbocycles. The Labute approximate surface area is 114 Å². The molecule has 4 atom stereocenters. The van der Waals surface area contributed by atoms with E-state index in [0.717, 1.165) is 13.0 Å². The molecule has 0 saturated carbocycles. The van der Waals surface area contributed by atoms with Crippen molar-refractivity contribution in [2.75, 3.05) is 13.2 Å². The Morgan fingerprint density at radius 3 is 2.74 bits per heavy atom. The molecular weight excluding hydrogens is 243 g/mol. The summed E-state index contributed by atoms with van der Waals surface area (Å²) in [7, 11) is 0. The van der Waals surface area contributed by atoms with Crippen LogP contribution in [-0.2, 0) is 0 Å². The molecule has 1 aliphatic heterocycles. The van der Waals surface area contributed by atoms with Gasteiger partial charge in [-0.2, -0.15) is 0 Å². The summed E-state index contributed by atoms with van der Waals surface area (Å²) in [6.45, 7) is 4.97. The van der Waals surface area contributed by atoms with Crippen LogP contribution in [0.2, 0.25) is 0 Å². The number of rotatable bonds is 4. The summed E-state index contributed by atoms with van der Waals surface area (Å²) in [5.41, 5.74) is 6.72. The highest BCUT2D eigenvalue weighted by molar-refractivity contribution is 5.23. The summed E-state index contributed by atoms with van der Waals surface area (Å²) in [4.78, 5) is 2.16. The molecule has 1 aromatic rings. The summed E-state index contributed by atoms with van der Waals surface area (Å²) >= 11 is 0. The summed E-state index contributed by atoms with van der Waals surface area (Å²) in [5, 5.41) is 9.58. The maximum atomic E-state index is 14.0. The Balaban J connectivity index is 2.34. The van der Waals surface area contributed by atoms with Crippen LogP contribution >= 0.6 is 0 Å². The van der Waals surface area contributed by atoms with Crippen LogP contribution < -0.4 is 5.73 Å². The van der Waals surface area contributed by atoms with Crippen molar-refractivity contribution in [2.24, 2.45) is 11.7 Å². The molecule has 4 unspecified atom stereocenters. The molecule has 1 aliphatic rings. The van der Waals surface area contributed by atoms with Gasteiger partial charge in [-0.15, -0.1) is 0 Å². The van der Waals surface area contributed by atoms with Gasteiger partial charge in [0.25, 0.3) is 0 Å². The van der Waals surface area contributed by atoms with Crippen molar-refractivity contribution in [3.05, 3.63) is 35.6 Å². The van der Waals surface area contributed by atoms with E-state index in [4.69, 9.17) is 5.73 Å². The number of nitrogens with two attached hydrogens (primary N) is 1. The van der Waals surface area contributed by atoms with Crippen LogP contribution in [0.15, 0.2) is 24.3 Å². The number of likely N-dealkylation sites (tertiary alicyclic amines) is 1. The van der Waals surface area contributed by atoms with Gasteiger partial charge < -0.3 is 10.8 Å².